The molecule has 1 aliphatic carbocycles. The monoisotopic (exact) mass is 399 g/mol. The Morgan fingerprint density at radius 2 is 1.82 bits per heavy atom. The number of carbonyl (C=O) groups excluding carboxylic acids is 1. The van der Waals surface area contributed by atoms with E-state index in [1.807, 2.05) is 18.0 Å². The standard InChI is InChI=1S/C21H25N3O3S/c1-23(19-10-7-17(8-11-19)16-5-3-2-4-6-16)21(25)18-9-12-20-22-28(26,27)14-13-24(20)15-18/h2-6,9,12,15,17,19H,7-8,10-11,13-14H2,1H3. The van der Waals surface area contributed by atoms with E-state index in [1.165, 1.54) is 5.56 Å². The lowest BCUT2D eigenvalue weighted by Gasteiger charge is -2.36. The number of amidine groups is 1. The molecule has 2 aliphatic heterocycles. The third kappa shape index (κ3) is 3.90. The van der Waals surface area contributed by atoms with E-state index in [-0.39, 0.29) is 17.7 Å². The second-order valence-corrected chi connectivity index (χ2v) is 9.43. The summed E-state index contributed by atoms with van der Waals surface area (Å²) in [5.74, 6) is 0.909. The predicted molar refractivity (Wildman–Crippen MR) is 109 cm³/mol. The molecule has 0 aromatic heterocycles. The molecule has 4 rings (SSSR count). The van der Waals surface area contributed by atoms with E-state index in [2.05, 4.69) is 28.7 Å². The van der Waals surface area contributed by atoms with Gasteiger partial charge < -0.3 is 9.80 Å². The van der Waals surface area contributed by atoms with Crippen LogP contribution in [0.15, 0.2) is 58.7 Å². The molecule has 1 fully saturated rings. The number of hydrogen-bond acceptors (Lipinski definition) is 4. The van der Waals surface area contributed by atoms with E-state index < -0.39 is 10.0 Å². The van der Waals surface area contributed by atoms with Crippen molar-refractivity contribution in [3.05, 3.63) is 59.8 Å². The van der Waals surface area contributed by atoms with Gasteiger partial charge in [0.1, 0.15) is 5.84 Å². The lowest BCUT2D eigenvalue weighted by atomic mass is 9.81. The third-order valence-corrected chi connectivity index (χ3v) is 7.07. The molecule has 1 aromatic rings. The zero-order valence-electron chi connectivity index (χ0n) is 16.0. The molecule has 148 valence electrons. The first-order chi connectivity index (χ1) is 13.4. The molecule has 0 unspecified atom stereocenters. The van der Waals surface area contributed by atoms with Gasteiger partial charge in [-0.2, -0.15) is 0 Å². The van der Waals surface area contributed by atoms with Gasteiger partial charge in [-0.1, -0.05) is 30.3 Å². The van der Waals surface area contributed by atoms with Crippen LogP contribution >= 0.6 is 0 Å². The van der Waals surface area contributed by atoms with Crippen LogP contribution in [-0.2, 0) is 14.8 Å². The molecule has 7 heteroatoms. The molecular weight excluding hydrogens is 374 g/mol. The van der Waals surface area contributed by atoms with E-state index in [9.17, 15) is 13.2 Å². The van der Waals surface area contributed by atoms with Gasteiger partial charge in [0, 0.05) is 25.8 Å². The van der Waals surface area contributed by atoms with E-state index in [1.54, 1.807) is 23.3 Å². The summed E-state index contributed by atoms with van der Waals surface area (Å²) < 4.78 is 27.0. The van der Waals surface area contributed by atoms with E-state index in [0.717, 1.165) is 25.7 Å². The van der Waals surface area contributed by atoms with Crippen molar-refractivity contribution in [2.24, 2.45) is 4.40 Å². The molecule has 0 atom stereocenters. The third-order valence-electron chi connectivity index (χ3n) is 5.91. The Morgan fingerprint density at radius 3 is 2.54 bits per heavy atom. The number of sulfonamides is 1. The van der Waals surface area contributed by atoms with Crippen LogP contribution in [0.1, 0.15) is 37.2 Å². The zero-order chi connectivity index (χ0) is 19.7. The Balaban J connectivity index is 1.40. The highest BCUT2D eigenvalue weighted by atomic mass is 32.2. The van der Waals surface area contributed by atoms with Gasteiger partial charge in [0.15, 0.2) is 0 Å². The molecule has 0 bridgehead atoms. The van der Waals surface area contributed by atoms with Crippen molar-refractivity contribution in [1.29, 1.82) is 0 Å². The normalized spacial score (nSPS) is 26.1. The number of likely N-dealkylation sites (N-methyl/N-ethyl adjacent to an activating group) is 1. The maximum Gasteiger partial charge on any atom is 0.256 e. The van der Waals surface area contributed by atoms with Crippen molar-refractivity contribution in [3.8, 4) is 0 Å². The van der Waals surface area contributed by atoms with Crippen molar-refractivity contribution in [1.82, 2.24) is 9.80 Å². The SMILES string of the molecule is CN(C(=O)C1=CN2CCS(=O)(=O)N=C2C=C1)C1CCC(c2ccccc2)CC1. The maximum absolute atomic E-state index is 13.0. The van der Waals surface area contributed by atoms with Crippen molar-refractivity contribution >= 4 is 21.8 Å². The fourth-order valence-corrected chi connectivity index (χ4v) is 5.19. The number of nitrogens with zero attached hydrogens (tertiary/aromatic N) is 3. The van der Waals surface area contributed by atoms with Gasteiger partial charge >= 0.3 is 0 Å². The highest BCUT2D eigenvalue weighted by molar-refractivity contribution is 7.90. The largest absolute Gasteiger partial charge is 0.339 e. The molecule has 1 saturated carbocycles. The van der Waals surface area contributed by atoms with Crippen LogP contribution in [-0.4, -0.2) is 55.3 Å². The van der Waals surface area contributed by atoms with Crippen LogP contribution in [0.25, 0.3) is 0 Å². The lowest BCUT2D eigenvalue weighted by Crippen LogP contribution is -2.42. The summed E-state index contributed by atoms with van der Waals surface area (Å²) in [5.41, 5.74) is 1.96. The Hall–Kier alpha value is -2.41. The molecule has 0 N–H and O–H groups in total. The zero-order valence-corrected chi connectivity index (χ0v) is 16.8. The fourth-order valence-electron chi connectivity index (χ4n) is 4.22. The average Bonchev–Trinajstić information content (AvgIpc) is 2.72. The average molecular weight is 400 g/mol. The molecule has 2 heterocycles. The van der Waals surface area contributed by atoms with Crippen LogP contribution in [0.5, 0.6) is 0 Å². The lowest BCUT2D eigenvalue weighted by molar-refractivity contribution is -0.128. The van der Waals surface area contributed by atoms with Crippen molar-refractivity contribution in [2.45, 2.75) is 37.6 Å². The van der Waals surface area contributed by atoms with Crippen LogP contribution in [0.2, 0.25) is 0 Å². The van der Waals surface area contributed by atoms with Gasteiger partial charge in [0.05, 0.1) is 11.3 Å². The Kier molecular flexibility index (Phi) is 5.10. The Morgan fingerprint density at radius 1 is 1.11 bits per heavy atom. The number of carbonyl (C=O) groups is 1. The summed E-state index contributed by atoms with van der Waals surface area (Å²) in [6, 6.07) is 10.8. The molecule has 28 heavy (non-hydrogen) atoms. The summed E-state index contributed by atoms with van der Waals surface area (Å²) in [7, 11) is -1.51. The van der Waals surface area contributed by atoms with Gasteiger partial charge in [0.25, 0.3) is 15.9 Å². The van der Waals surface area contributed by atoms with Crippen molar-refractivity contribution < 1.29 is 13.2 Å². The molecule has 0 saturated heterocycles. The van der Waals surface area contributed by atoms with E-state index in [4.69, 9.17) is 0 Å². The number of fused-ring (bicyclic) bond motifs is 1. The topological polar surface area (TPSA) is 70.1 Å². The number of benzene rings is 1. The second-order valence-electron chi connectivity index (χ2n) is 7.68. The van der Waals surface area contributed by atoms with Crippen molar-refractivity contribution in [3.63, 3.8) is 0 Å². The van der Waals surface area contributed by atoms with Gasteiger partial charge in [-0.15, -0.1) is 4.40 Å². The molecule has 0 radical (unpaired) electrons. The molecule has 1 aromatic carbocycles. The highest BCUT2D eigenvalue weighted by Crippen LogP contribution is 2.34. The first kappa shape index (κ1) is 18.9. The smallest absolute Gasteiger partial charge is 0.256 e. The Bertz CT molecular complexity index is 942. The number of rotatable bonds is 3. The van der Waals surface area contributed by atoms with Crippen LogP contribution in [0.4, 0.5) is 0 Å². The summed E-state index contributed by atoms with van der Waals surface area (Å²) in [4.78, 5) is 16.6. The molecule has 0 spiro atoms. The van der Waals surface area contributed by atoms with Crippen LogP contribution in [0, 0.1) is 0 Å². The summed E-state index contributed by atoms with van der Waals surface area (Å²) in [6.45, 7) is 0.328. The fraction of sp³-hybridized carbons (Fsp3) is 0.429. The van der Waals surface area contributed by atoms with Gasteiger partial charge in [-0.25, -0.2) is 8.42 Å². The highest BCUT2D eigenvalue weighted by Gasteiger charge is 2.30. The molecule has 1 amide bonds. The van der Waals surface area contributed by atoms with Crippen molar-refractivity contribution in [2.75, 3.05) is 19.3 Å². The van der Waals surface area contributed by atoms with Gasteiger partial charge in [-0.3, -0.25) is 4.79 Å². The Labute approximate surface area is 166 Å². The first-order valence-electron chi connectivity index (χ1n) is 9.74. The summed E-state index contributed by atoms with van der Waals surface area (Å²) >= 11 is 0. The van der Waals surface area contributed by atoms with E-state index in [0.29, 0.717) is 23.9 Å². The molecular formula is C21H25N3O3S. The maximum atomic E-state index is 13.0. The molecule has 3 aliphatic rings. The first-order valence-corrected chi connectivity index (χ1v) is 11.4. The van der Waals surface area contributed by atoms with Gasteiger partial charge in [0.2, 0.25) is 0 Å². The quantitative estimate of drug-likeness (QED) is 0.784. The van der Waals surface area contributed by atoms with Crippen LogP contribution < -0.4 is 0 Å². The minimum Gasteiger partial charge on any atom is -0.339 e. The predicted octanol–water partition coefficient (Wildman–Crippen LogP) is 2.67. The number of hydrogen-bond donors (Lipinski definition) is 0. The second kappa shape index (κ2) is 7.54. The minimum absolute atomic E-state index is 0.0214. The minimum atomic E-state index is -3.38. The number of amides is 1. The van der Waals surface area contributed by atoms with Gasteiger partial charge in [-0.05, 0) is 49.3 Å². The van der Waals surface area contributed by atoms with Crippen LogP contribution in [0.3, 0.4) is 0 Å². The van der Waals surface area contributed by atoms with E-state index >= 15 is 0 Å². The molecule has 6 nitrogen and oxygen atoms in total. The summed E-state index contributed by atoms with van der Waals surface area (Å²) in [5, 5.41) is 0. The summed E-state index contributed by atoms with van der Waals surface area (Å²) in [6.07, 6.45) is 9.17.